The van der Waals surface area contributed by atoms with Crippen molar-refractivity contribution < 1.29 is 4.42 Å². The number of oxazole rings is 1. The van der Waals surface area contributed by atoms with E-state index in [0.29, 0.717) is 12.5 Å². The Bertz CT molecular complexity index is 528. The molecule has 0 aliphatic rings. The lowest BCUT2D eigenvalue weighted by Gasteiger charge is -2.14. The molecule has 0 bridgehead atoms. The third-order valence-corrected chi connectivity index (χ3v) is 3.61. The van der Waals surface area contributed by atoms with E-state index in [4.69, 9.17) is 4.42 Å². The highest BCUT2D eigenvalue weighted by molar-refractivity contribution is 5.26. The Morgan fingerprint density at radius 2 is 1.75 bits per heavy atom. The number of nitrogens with zero attached hydrogens (tertiary/aromatic N) is 1. The molecule has 1 aromatic heterocycles. The van der Waals surface area contributed by atoms with E-state index < -0.39 is 0 Å². The first-order valence-corrected chi connectivity index (χ1v) is 7.37. The Morgan fingerprint density at radius 3 is 2.30 bits per heavy atom. The van der Waals surface area contributed by atoms with E-state index in [1.807, 2.05) is 0 Å². The van der Waals surface area contributed by atoms with Gasteiger partial charge in [0.05, 0.1) is 12.7 Å². The second-order valence-electron chi connectivity index (χ2n) is 5.50. The van der Waals surface area contributed by atoms with Crippen LogP contribution in [0.5, 0.6) is 0 Å². The summed E-state index contributed by atoms with van der Waals surface area (Å²) < 4.78 is 5.60. The number of nitrogens with one attached hydrogen (secondary N) is 1. The van der Waals surface area contributed by atoms with Crippen LogP contribution in [0.25, 0.3) is 0 Å². The molecule has 1 heterocycles. The number of benzene rings is 1. The van der Waals surface area contributed by atoms with Gasteiger partial charge in [0.25, 0.3) is 0 Å². The lowest BCUT2D eigenvalue weighted by atomic mass is 10.00. The molecule has 0 aliphatic heterocycles. The van der Waals surface area contributed by atoms with Crippen molar-refractivity contribution in [1.82, 2.24) is 10.3 Å². The van der Waals surface area contributed by atoms with Crippen LogP contribution in [0.4, 0.5) is 0 Å². The van der Waals surface area contributed by atoms with Gasteiger partial charge >= 0.3 is 0 Å². The maximum atomic E-state index is 5.60. The highest BCUT2D eigenvalue weighted by atomic mass is 16.4. The van der Waals surface area contributed by atoms with Gasteiger partial charge < -0.3 is 9.73 Å². The number of hydrogen-bond acceptors (Lipinski definition) is 3. The fourth-order valence-electron chi connectivity index (χ4n) is 2.12. The third-order valence-electron chi connectivity index (χ3n) is 3.61. The SMILES string of the molecule is CCc1cnc(CNC(C)c2ccc(C(C)C)cc2)o1. The number of rotatable bonds is 6. The molecule has 3 heteroatoms. The normalized spacial score (nSPS) is 12.8. The second kappa shape index (κ2) is 6.71. The molecule has 0 radical (unpaired) electrons. The van der Waals surface area contributed by atoms with Crippen molar-refractivity contribution >= 4 is 0 Å². The minimum atomic E-state index is 0.285. The van der Waals surface area contributed by atoms with Gasteiger partial charge in [0.2, 0.25) is 5.89 Å². The molecule has 0 fully saturated rings. The van der Waals surface area contributed by atoms with Gasteiger partial charge in [-0.3, -0.25) is 0 Å². The molecule has 1 N–H and O–H groups in total. The van der Waals surface area contributed by atoms with Gasteiger partial charge in [-0.05, 0) is 24.0 Å². The van der Waals surface area contributed by atoms with Crippen molar-refractivity contribution in [3.63, 3.8) is 0 Å². The molecule has 1 atom stereocenters. The third kappa shape index (κ3) is 3.70. The van der Waals surface area contributed by atoms with Crippen LogP contribution < -0.4 is 5.32 Å². The molecular weight excluding hydrogens is 248 g/mol. The standard InChI is InChI=1S/C17H24N2O/c1-5-16-10-19-17(20-16)11-18-13(4)15-8-6-14(7-9-15)12(2)3/h6-10,12-13,18H,5,11H2,1-4H3. The van der Waals surface area contributed by atoms with Crippen LogP contribution in [0.1, 0.15) is 62.4 Å². The molecule has 1 aromatic carbocycles. The Balaban J connectivity index is 1.92. The average molecular weight is 272 g/mol. The van der Waals surface area contributed by atoms with Gasteiger partial charge in [0, 0.05) is 12.5 Å². The topological polar surface area (TPSA) is 38.1 Å². The van der Waals surface area contributed by atoms with Gasteiger partial charge in [-0.15, -0.1) is 0 Å². The summed E-state index contributed by atoms with van der Waals surface area (Å²) >= 11 is 0. The minimum Gasteiger partial charge on any atom is -0.444 e. The Hall–Kier alpha value is -1.61. The molecule has 0 spiro atoms. The Kier molecular flexibility index (Phi) is 4.96. The Labute approximate surface area is 121 Å². The lowest BCUT2D eigenvalue weighted by Crippen LogP contribution is -2.18. The van der Waals surface area contributed by atoms with E-state index in [1.54, 1.807) is 6.20 Å². The zero-order valence-corrected chi connectivity index (χ0v) is 12.8. The van der Waals surface area contributed by atoms with Crippen LogP contribution >= 0.6 is 0 Å². The summed E-state index contributed by atoms with van der Waals surface area (Å²) in [6, 6.07) is 9.09. The van der Waals surface area contributed by atoms with Crippen molar-refractivity contribution in [3.05, 3.63) is 53.2 Å². The molecule has 2 rings (SSSR count). The highest BCUT2D eigenvalue weighted by Crippen LogP contribution is 2.18. The van der Waals surface area contributed by atoms with E-state index in [1.165, 1.54) is 11.1 Å². The molecule has 0 saturated carbocycles. The monoisotopic (exact) mass is 272 g/mol. The zero-order valence-electron chi connectivity index (χ0n) is 12.8. The molecule has 1 unspecified atom stereocenters. The van der Waals surface area contributed by atoms with E-state index in [0.717, 1.165) is 18.1 Å². The zero-order chi connectivity index (χ0) is 14.5. The van der Waals surface area contributed by atoms with Crippen molar-refractivity contribution in [2.75, 3.05) is 0 Å². The van der Waals surface area contributed by atoms with E-state index in [2.05, 4.69) is 62.3 Å². The highest BCUT2D eigenvalue weighted by Gasteiger charge is 2.08. The van der Waals surface area contributed by atoms with Gasteiger partial charge in [-0.2, -0.15) is 0 Å². The smallest absolute Gasteiger partial charge is 0.208 e. The molecule has 108 valence electrons. The maximum Gasteiger partial charge on any atom is 0.208 e. The summed E-state index contributed by atoms with van der Waals surface area (Å²) in [4.78, 5) is 4.26. The summed E-state index contributed by atoms with van der Waals surface area (Å²) in [5, 5.41) is 3.45. The van der Waals surface area contributed by atoms with Crippen LogP contribution in [0.15, 0.2) is 34.9 Å². The fourth-order valence-corrected chi connectivity index (χ4v) is 2.12. The number of hydrogen-bond donors (Lipinski definition) is 1. The van der Waals surface area contributed by atoms with Crippen LogP contribution in [-0.4, -0.2) is 4.98 Å². The molecule has 0 amide bonds. The number of aryl methyl sites for hydroxylation is 1. The summed E-state index contributed by atoms with van der Waals surface area (Å²) in [5.74, 6) is 2.27. The summed E-state index contributed by atoms with van der Waals surface area (Å²) in [7, 11) is 0. The van der Waals surface area contributed by atoms with Crippen molar-refractivity contribution in [2.24, 2.45) is 0 Å². The quantitative estimate of drug-likeness (QED) is 0.856. The summed E-state index contributed by atoms with van der Waals surface area (Å²) in [5.41, 5.74) is 2.66. The van der Waals surface area contributed by atoms with E-state index >= 15 is 0 Å². The largest absolute Gasteiger partial charge is 0.444 e. The molecule has 3 nitrogen and oxygen atoms in total. The van der Waals surface area contributed by atoms with Crippen LogP contribution in [0, 0.1) is 0 Å². The van der Waals surface area contributed by atoms with Crippen LogP contribution in [-0.2, 0) is 13.0 Å². The van der Waals surface area contributed by atoms with Crippen molar-refractivity contribution in [3.8, 4) is 0 Å². The van der Waals surface area contributed by atoms with Crippen LogP contribution in [0.2, 0.25) is 0 Å². The molecule has 20 heavy (non-hydrogen) atoms. The predicted octanol–water partition coefficient (Wildman–Crippen LogP) is 4.21. The molecular formula is C17H24N2O. The second-order valence-corrected chi connectivity index (χ2v) is 5.50. The average Bonchev–Trinajstić information content (AvgIpc) is 2.93. The minimum absolute atomic E-state index is 0.285. The van der Waals surface area contributed by atoms with E-state index in [9.17, 15) is 0 Å². The van der Waals surface area contributed by atoms with Gasteiger partial charge in [0.1, 0.15) is 5.76 Å². The van der Waals surface area contributed by atoms with E-state index in [-0.39, 0.29) is 6.04 Å². The van der Waals surface area contributed by atoms with Gasteiger partial charge in [0.15, 0.2) is 0 Å². The molecule has 2 aromatic rings. The number of aromatic nitrogens is 1. The van der Waals surface area contributed by atoms with Gasteiger partial charge in [-0.25, -0.2) is 4.98 Å². The molecule has 0 aliphatic carbocycles. The first-order valence-electron chi connectivity index (χ1n) is 7.37. The fraction of sp³-hybridized carbons (Fsp3) is 0.471. The van der Waals surface area contributed by atoms with Crippen LogP contribution in [0.3, 0.4) is 0 Å². The van der Waals surface area contributed by atoms with Crippen molar-refractivity contribution in [1.29, 1.82) is 0 Å². The first kappa shape index (κ1) is 14.8. The first-order chi connectivity index (χ1) is 9.60. The molecule has 0 saturated heterocycles. The predicted molar refractivity (Wildman–Crippen MR) is 81.7 cm³/mol. The van der Waals surface area contributed by atoms with Gasteiger partial charge in [-0.1, -0.05) is 45.0 Å². The Morgan fingerprint density at radius 1 is 1.10 bits per heavy atom. The summed E-state index contributed by atoms with van der Waals surface area (Å²) in [6.45, 7) is 9.31. The van der Waals surface area contributed by atoms with Crippen molar-refractivity contribution in [2.45, 2.75) is 52.6 Å². The summed E-state index contributed by atoms with van der Waals surface area (Å²) in [6.07, 6.45) is 2.69. The lowest BCUT2D eigenvalue weighted by molar-refractivity contribution is 0.424. The maximum absolute atomic E-state index is 5.60.